The molecule has 5 nitrogen and oxygen atoms in total. The molecule has 0 aromatic heterocycles. The van der Waals surface area contributed by atoms with Gasteiger partial charge in [-0.2, -0.15) is 0 Å². The van der Waals surface area contributed by atoms with Crippen molar-refractivity contribution in [2.75, 3.05) is 14.2 Å². The summed E-state index contributed by atoms with van der Waals surface area (Å²) in [5.41, 5.74) is 1.93. The van der Waals surface area contributed by atoms with Crippen LogP contribution in [-0.4, -0.2) is 31.3 Å². The summed E-state index contributed by atoms with van der Waals surface area (Å²) in [4.78, 5) is 23.6. The average molecular weight is 262 g/mol. The van der Waals surface area contributed by atoms with Gasteiger partial charge < -0.3 is 14.6 Å². The lowest BCUT2D eigenvalue weighted by Gasteiger charge is -2.08. The van der Waals surface area contributed by atoms with Crippen molar-refractivity contribution < 1.29 is 24.2 Å². The van der Waals surface area contributed by atoms with E-state index < -0.39 is 18.0 Å². The van der Waals surface area contributed by atoms with Crippen molar-refractivity contribution in [3.8, 4) is 0 Å². The minimum absolute atomic E-state index is 0.0700. The van der Waals surface area contributed by atoms with Gasteiger partial charge >= 0.3 is 11.9 Å². The lowest BCUT2D eigenvalue weighted by atomic mass is 10.0. The summed E-state index contributed by atoms with van der Waals surface area (Å²) in [6, 6.07) is 5.23. The SMILES string of the molecule is COC(=O)C1=C(C(=O)OC)C(O)c2ccc(C)cc21. The van der Waals surface area contributed by atoms with Crippen molar-refractivity contribution in [2.24, 2.45) is 0 Å². The predicted octanol–water partition coefficient (Wildman–Crippen LogP) is 1.14. The van der Waals surface area contributed by atoms with E-state index >= 15 is 0 Å². The van der Waals surface area contributed by atoms with Crippen molar-refractivity contribution in [1.29, 1.82) is 0 Å². The standard InChI is InChI=1S/C14H14O5/c1-7-4-5-8-9(6-7)10(13(16)18-2)11(12(8)15)14(17)19-3/h4-6,12,15H,1-3H3. The molecule has 0 bridgehead atoms. The number of aliphatic hydroxyl groups is 1. The number of ether oxygens (including phenoxy) is 2. The molecule has 0 radical (unpaired) electrons. The Hall–Kier alpha value is -2.14. The van der Waals surface area contributed by atoms with Gasteiger partial charge in [0.15, 0.2) is 0 Å². The van der Waals surface area contributed by atoms with Gasteiger partial charge in [-0.05, 0) is 18.1 Å². The van der Waals surface area contributed by atoms with E-state index in [-0.39, 0.29) is 11.1 Å². The number of rotatable bonds is 2. The summed E-state index contributed by atoms with van der Waals surface area (Å²) in [6.45, 7) is 1.86. The molecule has 1 aliphatic carbocycles. The Bertz CT molecular complexity index is 585. The molecule has 0 saturated heterocycles. The van der Waals surface area contributed by atoms with Gasteiger partial charge in [0, 0.05) is 0 Å². The Morgan fingerprint density at radius 3 is 2.37 bits per heavy atom. The molecule has 100 valence electrons. The molecule has 0 aliphatic heterocycles. The molecule has 1 aliphatic rings. The van der Waals surface area contributed by atoms with E-state index in [1.54, 1.807) is 18.2 Å². The third kappa shape index (κ3) is 2.02. The summed E-state index contributed by atoms with van der Waals surface area (Å²) in [5, 5.41) is 10.2. The number of hydrogen-bond acceptors (Lipinski definition) is 5. The van der Waals surface area contributed by atoms with Crippen molar-refractivity contribution in [2.45, 2.75) is 13.0 Å². The monoisotopic (exact) mass is 262 g/mol. The fourth-order valence-corrected chi connectivity index (χ4v) is 2.21. The van der Waals surface area contributed by atoms with Crippen LogP contribution >= 0.6 is 0 Å². The van der Waals surface area contributed by atoms with E-state index in [0.717, 1.165) is 5.56 Å². The van der Waals surface area contributed by atoms with Crippen LogP contribution in [0.5, 0.6) is 0 Å². The molecule has 1 N–H and O–H groups in total. The quantitative estimate of drug-likeness (QED) is 0.809. The molecule has 19 heavy (non-hydrogen) atoms. The highest BCUT2D eigenvalue weighted by Crippen LogP contribution is 2.41. The van der Waals surface area contributed by atoms with E-state index in [0.29, 0.717) is 11.1 Å². The van der Waals surface area contributed by atoms with E-state index in [4.69, 9.17) is 0 Å². The minimum atomic E-state index is -1.17. The smallest absolute Gasteiger partial charge is 0.339 e. The van der Waals surface area contributed by atoms with Crippen LogP contribution in [0.25, 0.3) is 5.57 Å². The fourth-order valence-electron chi connectivity index (χ4n) is 2.21. The fraction of sp³-hybridized carbons (Fsp3) is 0.286. The van der Waals surface area contributed by atoms with Crippen LogP contribution in [0.15, 0.2) is 23.8 Å². The van der Waals surface area contributed by atoms with Crippen LogP contribution in [0.4, 0.5) is 0 Å². The van der Waals surface area contributed by atoms with Crippen molar-refractivity contribution in [3.05, 3.63) is 40.5 Å². The molecule has 1 aromatic carbocycles. The van der Waals surface area contributed by atoms with Gasteiger partial charge in [-0.3, -0.25) is 0 Å². The van der Waals surface area contributed by atoms with E-state index in [9.17, 15) is 14.7 Å². The number of aliphatic hydroxyl groups excluding tert-OH is 1. The number of carbonyl (C=O) groups is 2. The highest BCUT2D eigenvalue weighted by Gasteiger charge is 2.38. The normalized spacial score (nSPS) is 17.2. The van der Waals surface area contributed by atoms with Crippen LogP contribution in [0, 0.1) is 6.92 Å². The maximum absolute atomic E-state index is 11.9. The Labute approximate surface area is 110 Å². The Kier molecular flexibility index (Phi) is 3.40. The summed E-state index contributed by atoms with van der Waals surface area (Å²) < 4.78 is 9.31. The van der Waals surface area contributed by atoms with E-state index in [2.05, 4.69) is 9.47 Å². The first-order valence-corrected chi connectivity index (χ1v) is 5.71. The second-order valence-corrected chi connectivity index (χ2v) is 4.27. The number of aryl methyl sites for hydroxylation is 1. The van der Waals surface area contributed by atoms with Crippen LogP contribution in [-0.2, 0) is 19.1 Å². The Morgan fingerprint density at radius 1 is 1.16 bits per heavy atom. The largest absolute Gasteiger partial charge is 0.466 e. The second-order valence-electron chi connectivity index (χ2n) is 4.27. The van der Waals surface area contributed by atoms with Gasteiger partial charge in [0.25, 0.3) is 0 Å². The summed E-state index contributed by atoms with van der Waals surface area (Å²) in [5.74, 6) is -1.40. The van der Waals surface area contributed by atoms with Crippen LogP contribution in [0.2, 0.25) is 0 Å². The molecular formula is C14H14O5. The van der Waals surface area contributed by atoms with Gasteiger partial charge in [0.1, 0.15) is 6.10 Å². The highest BCUT2D eigenvalue weighted by molar-refractivity contribution is 6.25. The van der Waals surface area contributed by atoms with Crippen molar-refractivity contribution >= 4 is 17.5 Å². The lowest BCUT2D eigenvalue weighted by Crippen LogP contribution is -2.13. The van der Waals surface area contributed by atoms with Gasteiger partial charge in [-0.1, -0.05) is 23.8 Å². The summed E-state index contributed by atoms with van der Waals surface area (Å²) in [7, 11) is 2.43. The first-order valence-electron chi connectivity index (χ1n) is 5.71. The molecular weight excluding hydrogens is 248 g/mol. The van der Waals surface area contributed by atoms with Crippen LogP contribution in [0.3, 0.4) is 0 Å². The summed E-state index contributed by atoms with van der Waals surface area (Å²) in [6.07, 6.45) is -1.17. The molecule has 0 spiro atoms. The van der Waals surface area contributed by atoms with Crippen molar-refractivity contribution in [1.82, 2.24) is 0 Å². The number of esters is 2. The zero-order valence-corrected chi connectivity index (χ0v) is 10.9. The molecule has 0 heterocycles. The van der Waals surface area contributed by atoms with E-state index in [1.807, 2.05) is 6.92 Å². The first-order chi connectivity index (χ1) is 9.01. The molecule has 0 fully saturated rings. The molecule has 0 amide bonds. The molecule has 2 rings (SSSR count). The van der Waals surface area contributed by atoms with Gasteiger partial charge in [0.05, 0.1) is 25.4 Å². The second kappa shape index (κ2) is 4.85. The van der Waals surface area contributed by atoms with Gasteiger partial charge in [-0.15, -0.1) is 0 Å². The minimum Gasteiger partial charge on any atom is -0.466 e. The number of carbonyl (C=O) groups excluding carboxylic acids is 2. The molecule has 0 saturated carbocycles. The highest BCUT2D eigenvalue weighted by atomic mass is 16.5. The zero-order chi connectivity index (χ0) is 14.2. The number of benzene rings is 1. The maximum atomic E-state index is 11.9. The summed E-state index contributed by atoms with van der Waals surface area (Å²) >= 11 is 0. The average Bonchev–Trinajstić information content (AvgIpc) is 2.69. The van der Waals surface area contributed by atoms with Crippen LogP contribution in [0.1, 0.15) is 22.8 Å². The molecule has 1 aromatic rings. The van der Waals surface area contributed by atoms with Gasteiger partial charge in [-0.25, -0.2) is 9.59 Å². The van der Waals surface area contributed by atoms with Crippen LogP contribution < -0.4 is 0 Å². The lowest BCUT2D eigenvalue weighted by molar-refractivity contribution is -0.138. The molecule has 5 heteroatoms. The third-order valence-electron chi connectivity index (χ3n) is 3.11. The topological polar surface area (TPSA) is 72.8 Å². The first kappa shape index (κ1) is 13.3. The Balaban J connectivity index is 2.69. The predicted molar refractivity (Wildman–Crippen MR) is 67.1 cm³/mol. The Morgan fingerprint density at radius 2 is 1.79 bits per heavy atom. The van der Waals surface area contributed by atoms with Crippen molar-refractivity contribution in [3.63, 3.8) is 0 Å². The number of methoxy groups -OCH3 is 2. The molecule has 1 atom stereocenters. The van der Waals surface area contributed by atoms with E-state index in [1.165, 1.54) is 14.2 Å². The maximum Gasteiger partial charge on any atom is 0.339 e. The number of hydrogen-bond donors (Lipinski definition) is 1. The zero-order valence-electron chi connectivity index (χ0n) is 10.9. The molecule has 1 unspecified atom stereocenters. The number of fused-ring (bicyclic) bond motifs is 1. The van der Waals surface area contributed by atoms with Gasteiger partial charge in [0.2, 0.25) is 0 Å². The third-order valence-corrected chi connectivity index (χ3v) is 3.11.